The number of benzene rings is 2. The molecule has 6 nitrogen and oxygen atoms in total. The van der Waals surface area contributed by atoms with E-state index in [0.29, 0.717) is 5.69 Å². The van der Waals surface area contributed by atoms with E-state index in [9.17, 15) is 13.2 Å². The van der Waals surface area contributed by atoms with Crippen LogP contribution >= 0.6 is 0 Å². The zero-order valence-electron chi connectivity index (χ0n) is 14.9. The highest BCUT2D eigenvalue weighted by Crippen LogP contribution is 2.31. The molecule has 2 aromatic carbocycles. The van der Waals surface area contributed by atoms with Gasteiger partial charge in [0.2, 0.25) is 15.9 Å². The van der Waals surface area contributed by atoms with Gasteiger partial charge in [0, 0.05) is 31.0 Å². The maximum absolute atomic E-state index is 13.0. The molecule has 0 spiro atoms. The van der Waals surface area contributed by atoms with E-state index in [-0.39, 0.29) is 22.8 Å². The summed E-state index contributed by atoms with van der Waals surface area (Å²) in [5.41, 5.74) is 1.77. The van der Waals surface area contributed by atoms with E-state index in [2.05, 4.69) is 24.0 Å². The topological polar surface area (TPSA) is 83.7 Å². The molecule has 0 bridgehead atoms. The fraction of sp³-hybridized carbons (Fsp3) is 0.316. The molecular weight excluding hydrogens is 350 g/mol. The number of primary sulfonamides is 1. The smallest absolute Gasteiger partial charge is 0.238 e. The lowest BCUT2D eigenvalue weighted by molar-refractivity contribution is -0.122. The summed E-state index contributed by atoms with van der Waals surface area (Å²) in [6.45, 7) is 2.90. The molecule has 0 aromatic heterocycles. The molecule has 1 saturated heterocycles. The summed E-state index contributed by atoms with van der Waals surface area (Å²) in [6, 6.07) is 16.2. The third-order valence-corrected chi connectivity index (χ3v) is 5.97. The second kappa shape index (κ2) is 7.09. The van der Waals surface area contributed by atoms with Crippen LogP contribution in [0.3, 0.4) is 0 Å². The lowest BCUT2D eigenvalue weighted by atomic mass is 9.99. The Morgan fingerprint density at radius 3 is 2.31 bits per heavy atom. The first-order chi connectivity index (χ1) is 12.3. The van der Waals surface area contributed by atoms with E-state index in [1.807, 2.05) is 18.2 Å². The maximum Gasteiger partial charge on any atom is 0.238 e. The number of sulfonamides is 1. The predicted octanol–water partition coefficient (Wildman–Crippen LogP) is 2.21. The van der Waals surface area contributed by atoms with Crippen molar-refractivity contribution in [2.75, 3.05) is 23.4 Å². The van der Waals surface area contributed by atoms with E-state index in [1.54, 1.807) is 24.1 Å². The third-order valence-electron chi connectivity index (χ3n) is 5.04. The number of hydrogen-bond acceptors (Lipinski definition) is 4. The standard InChI is InChI=1S/C19H23N3O3S/c1-14-18(12-13-22(14)16-6-4-3-5-7-16)19(23)21(2)15-8-10-17(11-9-15)26(20,24)25/h3-11,14,18H,12-13H2,1-2H3,(H2,20,24,25)/t14-,18-/m1/s1. The van der Waals surface area contributed by atoms with Crippen molar-refractivity contribution in [1.29, 1.82) is 0 Å². The third kappa shape index (κ3) is 3.59. The number of para-hydroxylation sites is 1. The summed E-state index contributed by atoms with van der Waals surface area (Å²) < 4.78 is 22.7. The Labute approximate surface area is 154 Å². The molecule has 0 saturated carbocycles. The highest BCUT2D eigenvalue weighted by atomic mass is 32.2. The van der Waals surface area contributed by atoms with Crippen LogP contribution in [0.5, 0.6) is 0 Å². The van der Waals surface area contributed by atoms with Gasteiger partial charge >= 0.3 is 0 Å². The molecule has 2 aromatic rings. The van der Waals surface area contributed by atoms with Crippen LogP contribution in [-0.4, -0.2) is 34.0 Å². The van der Waals surface area contributed by atoms with Crippen molar-refractivity contribution in [2.24, 2.45) is 11.1 Å². The Morgan fingerprint density at radius 2 is 1.73 bits per heavy atom. The molecule has 26 heavy (non-hydrogen) atoms. The molecule has 0 aliphatic carbocycles. The summed E-state index contributed by atoms with van der Waals surface area (Å²) >= 11 is 0. The minimum atomic E-state index is -3.74. The molecular formula is C19H23N3O3S. The number of anilines is 2. The number of nitrogens with zero attached hydrogens (tertiary/aromatic N) is 2. The van der Waals surface area contributed by atoms with Gasteiger partial charge in [-0.3, -0.25) is 4.79 Å². The SMILES string of the molecule is C[C@@H]1[C@H](C(=O)N(C)c2ccc(S(N)(=O)=O)cc2)CCN1c1ccccc1. The number of rotatable bonds is 4. The highest BCUT2D eigenvalue weighted by molar-refractivity contribution is 7.89. The number of carbonyl (C=O) groups excluding carboxylic acids is 1. The molecule has 2 atom stereocenters. The van der Waals surface area contributed by atoms with Crippen molar-refractivity contribution >= 4 is 27.3 Å². The quantitative estimate of drug-likeness (QED) is 0.891. The summed E-state index contributed by atoms with van der Waals surface area (Å²) in [7, 11) is -2.02. The molecule has 138 valence electrons. The molecule has 1 aliphatic rings. The van der Waals surface area contributed by atoms with Gasteiger partial charge in [0.05, 0.1) is 10.8 Å². The fourth-order valence-electron chi connectivity index (χ4n) is 3.49. The molecule has 1 heterocycles. The van der Waals surface area contributed by atoms with Crippen molar-refractivity contribution in [3.05, 3.63) is 54.6 Å². The van der Waals surface area contributed by atoms with Gasteiger partial charge in [-0.1, -0.05) is 18.2 Å². The van der Waals surface area contributed by atoms with Gasteiger partial charge in [0.15, 0.2) is 0 Å². The molecule has 3 rings (SSSR count). The second-order valence-corrected chi connectivity index (χ2v) is 8.16. The van der Waals surface area contributed by atoms with Gasteiger partial charge in [-0.05, 0) is 49.7 Å². The first-order valence-corrected chi connectivity index (χ1v) is 10.1. The Hall–Kier alpha value is -2.38. The first kappa shape index (κ1) is 18.4. The lowest BCUT2D eigenvalue weighted by Crippen LogP contribution is -2.39. The van der Waals surface area contributed by atoms with Gasteiger partial charge in [0.1, 0.15) is 0 Å². The van der Waals surface area contributed by atoms with E-state index < -0.39 is 10.0 Å². The van der Waals surface area contributed by atoms with Crippen LogP contribution in [0.15, 0.2) is 59.5 Å². The highest BCUT2D eigenvalue weighted by Gasteiger charge is 2.37. The molecule has 7 heteroatoms. The Kier molecular flexibility index (Phi) is 5.02. The second-order valence-electron chi connectivity index (χ2n) is 6.60. The van der Waals surface area contributed by atoms with Crippen LogP contribution in [-0.2, 0) is 14.8 Å². The van der Waals surface area contributed by atoms with E-state index in [0.717, 1.165) is 18.7 Å². The molecule has 1 fully saturated rings. The van der Waals surface area contributed by atoms with Crippen molar-refractivity contribution in [3.8, 4) is 0 Å². The predicted molar refractivity (Wildman–Crippen MR) is 103 cm³/mol. The molecule has 1 aliphatic heterocycles. The van der Waals surface area contributed by atoms with Crippen molar-refractivity contribution in [2.45, 2.75) is 24.3 Å². The average molecular weight is 373 g/mol. The zero-order chi connectivity index (χ0) is 18.9. The summed E-state index contributed by atoms with van der Waals surface area (Å²) in [5, 5.41) is 5.12. The monoisotopic (exact) mass is 373 g/mol. The van der Waals surface area contributed by atoms with Crippen LogP contribution in [0, 0.1) is 5.92 Å². The van der Waals surface area contributed by atoms with Crippen molar-refractivity contribution in [3.63, 3.8) is 0 Å². The summed E-state index contributed by atoms with van der Waals surface area (Å²) in [6.07, 6.45) is 0.786. The normalized spacial score (nSPS) is 20.2. The van der Waals surface area contributed by atoms with Gasteiger partial charge in [-0.15, -0.1) is 0 Å². The minimum absolute atomic E-state index is 0.0271. The molecule has 0 radical (unpaired) electrons. The Morgan fingerprint density at radius 1 is 1.12 bits per heavy atom. The van der Waals surface area contributed by atoms with Crippen LogP contribution < -0.4 is 14.9 Å². The van der Waals surface area contributed by atoms with E-state index in [4.69, 9.17) is 5.14 Å². The summed E-state index contributed by atoms with van der Waals surface area (Å²) in [4.78, 5) is 16.8. The zero-order valence-corrected chi connectivity index (χ0v) is 15.7. The van der Waals surface area contributed by atoms with Crippen molar-refractivity contribution in [1.82, 2.24) is 0 Å². The minimum Gasteiger partial charge on any atom is -0.368 e. The maximum atomic E-state index is 13.0. The lowest BCUT2D eigenvalue weighted by Gasteiger charge is -2.28. The summed E-state index contributed by atoms with van der Waals surface area (Å²) in [5.74, 6) is -0.0857. The Bertz CT molecular complexity index is 882. The first-order valence-electron chi connectivity index (χ1n) is 8.51. The van der Waals surface area contributed by atoms with Crippen molar-refractivity contribution < 1.29 is 13.2 Å². The van der Waals surface area contributed by atoms with Gasteiger partial charge in [0.25, 0.3) is 0 Å². The Balaban J connectivity index is 1.75. The fourth-order valence-corrected chi connectivity index (χ4v) is 4.00. The van der Waals surface area contributed by atoms with Crippen LogP contribution in [0.2, 0.25) is 0 Å². The van der Waals surface area contributed by atoms with Crippen LogP contribution in [0.4, 0.5) is 11.4 Å². The number of amides is 1. The molecule has 0 unspecified atom stereocenters. The average Bonchev–Trinajstić information content (AvgIpc) is 3.02. The van der Waals surface area contributed by atoms with E-state index >= 15 is 0 Å². The largest absolute Gasteiger partial charge is 0.368 e. The molecule has 2 N–H and O–H groups in total. The van der Waals surface area contributed by atoms with Crippen LogP contribution in [0.1, 0.15) is 13.3 Å². The number of hydrogen-bond donors (Lipinski definition) is 1. The number of carbonyl (C=O) groups is 1. The van der Waals surface area contributed by atoms with Gasteiger partial charge in [-0.2, -0.15) is 0 Å². The van der Waals surface area contributed by atoms with Crippen LogP contribution in [0.25, 0.3) is 0 Å². The number of nitrogens with two attached hydrogens (primary N) is 1. The van der Waals surface area contributed by atoms with Gasteiger partial charge in [-0.25, -0.2) is 13.6 Å². The van der Waals surface area contributed by atoms with Gasteiger partial charge < -0.3 is 9.80 Å². The van der Waals surface area contributed by atoms with E-state index in [1.165, 1.54) is 12.1 Å². The molecule has 1 amide bonds.